The van der Waals surface area contributed by atoms with Crippen molar-refractivity contribution in [3.63, 3.8) is 0 Å². The quantitative estimate of drug-likeness (QED) is 0.244. The van der Waals surface area contributed by atoms with Crippen molar-refractivity contribution in [1.82, 2.24) is 0 Å². The van der Waals surface area contributed by atoms with E-state index < -0.39 is 43.8 Å². The summed E-state index contributed by atoms with van der Waals surface area (Å²) in [6.45, 7) is -0.568. The molecule has 0 saturated carbocycles. The highest BCUT2D eigenvalue weighted by Gasteiger charge is 2.43. The second kappa shape index (κ2) is 7.53. The van der Waals surface area contributed by atoms with Crippen molar-refractivity contribution in [1.29, 1.82) is 0 Å². The first-order chi connectivity index (χ1) is 11.2. The van der Waals surface area contributed by atoms with Gasteiger partial charge in [-0.15, -0.1) is 0 Å². The Hall–Kier alpha value is -1.59. The van der Waals surface area contributed by atoms with Crippen LogP contribution in [-0.2, 0) is 13.8 Å². The monoisotopic (exact) mass is 364 g/mol. The second-order valence-corrected chi connectivity index (χ2v) is 6.41. The molecule has 134 valence electrons. The predicted octanol–water partition coefficient (Wildman–Crippen LogP) is -0.395. The summed E-state index contributed by atoms with van der Waals surface area (Å²) in [5, 5.41) is 33.3. The first-order valence-electron chi connectivity index (χ1n) is 6.87. The summed E-state index contributed by atoms with van der Waals surface area (Å²) in [6.07, 6.45) is -4.68. The number of phosphoric ester groups is 1. The molecule has 2 rings (SSSR count). The third-order valence-corrected chi connectivity index (χ3v) is 3.92. The maximum atomic E-state index is 10.7. The highest BCUT2D eigenvalue weighted by Crippen LogP contribution is 2.37. The van der Waals surface area contributed by atoms with Crippen molar-refractivity contribution in [2.75, 3.05) is 18.5 Å². The summed E-state index contributed by atoms with van der Waals surface area (Å²) < 4.78 is 20.2. The Morgan fingerprint density at radius 1 is 1.29 bits per heavy atom. The van der Waals surface area contributed by atoms with Crippen molar-refractivity contribution in [3.05, 3.63) is 34.4 Å². The van der Waals surface area contributed by atoms with E-state index in [1.54, 1.807) is 6.07 Å². The zero-order chi connectivity index (χ0) is 17.9. The van der Waals surface area contributed by atoms with Gasteiger partial charge in [-0.2, -0.15) is 0 Å². The molecule has 0 spiro atoms. The molecule has 1 aliphatic rings. The van der Waals surface area contributed by atoms with Gasteiger partial charge in [0.05, 0.1) is 11.5 Å². The summed E-state index contributed by atoms with van der Waals surface area (Å²) in [7, 11) is -4.71. The number of nitrogens with zero attached hydrogens (tertiary/aromatic N) is 1. The summed E-state index contributed by atoms with van der Waals surface area (Å²) in [5.41, 5.74) is 0.310. The molecular formula is C12H17N2O9P. The molecule has 1 aliphatic heterocycles. The molecule has 11 nitrogen and oxygen atoms in total. The van der Waals surface area contributed by atoms with Crippen LogP contribution in [0.3, 0.4) is 0 Å². The van der Waals surface area contributed by atoms with Gasteiger partial charge >= 0.3 is 7.82 Å². The Morgan fingerprint density at radius 3 is 2.58 bits per heavy atom. The third-order valence-electron chi connectivity index (χ3n) is 3.43. The molecule has 4 atom stereocenters. The normalized spacial score (nSPS) is 27.2. The van der Waals surface area contributed by atoms with E-state index >= 15 is 0 Å². The summed E-state index contributed by atoms with van der Waals surface area (Å²) in [5.74, 6) is 0. The topological polar surface area (TPSA) is 172 Å². The molecule has 1 saturated heterocycles. The minimum Gasteiger partial charge on any atom is -0.388 e. The highest BCUT2D eigenvalue weighted by atomic mass is 31.2. The predicted molar refractivity (Wildman–Crippen MR) is 80.3 cm³/mol. The number of benzene rings is 1. The Balaban J connectivity index is 1.92. The second-order valence-electron chi connectivity index (χ2n) is 5.17. The lowest BCUT2D eigenvalue weighted by Gasteiger charge is -2.16. The lowest BCUT2D eigenvalue weighted by atomic mass is 10.1. The zero-order valence-corrected chi connectivity index (χ0v) is 13.2. The van der Waals surface area contributed by atoms with Crippen LogP contribution in [0.4, 0.5) is 11.4 Å². The third kappa shape index (κ3) is 4.95. The fraction of sp³-hybridized carbons (Fsp3) is 0.500. The van der Waals surface area contributed by atoms with Gasteiger partial charge in [-0.05, 0) is 6.07 Å². The van der Waals surface area contributed by atoms with Gasteiger partial charge in [-0.1, -0.05) is 6.07 Å². The van der Waals surface area contributed by atoms with Crippen LogP contribution in [0.2, 0.25) is 0 Å². The molecule has 0 bridgehead atoms. The van der Waals surface area contributed by atoms with Crippen molar-refractivity contribution < 1.29 is 38.7 Å². The number of nitro groups is 1. The number of nitrogens with one attached hydrogen (secondary N) is 1. The minimum atomic E-state index is -4.71. The smallest absolute Gasteiger partial charge is 0.388 e. The first-order valence-corrected chi connectivity index (χ1v) is 8.40. The first kappa shape index (κ1) is 18.7. The highest BCUT2D eigenvalue weighted by molar-refractivity contribution is 7.46. The van der Waals surface area contributed by atoms with Gasteiger partial charge in [-0.3, -0.25) is 14.6 Å². The van der Waals surface area contributed by atoms with E-state index in [4.69, 9.17) is 14.5 Å². The number of hydrogen-bond acceptors (Lipinski definition) is 8. The average molecular weight is 364 g/mol. The van der Waals surface area contributed by atoms with Gasteiger partial charge in [0.15, 0.2) is 0 Å². The van der Waals surface area contributed by atoms with Crippen LogP contribution in [0, 0.1) is 10.1 Å². The number of non-ortho nitro benzene ring substituents is 1. The van der Waals surface area contributed by atoms with Crippen LogP contribution < -0.4 is 5.32 Å². The lowest BCUT2D eigenvalue weighted by Crippen LogP contribution is -2.36. The van der Waals surface area contributed by atoms with E-state index in [1.807, 2.05) is 0 Å². The van der Waals surface area contributed by atoms with Crippen LogP contribution in [0.5, 0.6) is 0 Å². The van der Waals surface area contributed by atoms with Gasteiger partial charge in [0.2, 0.25) is 0 Å². The van der Waals surface area contributed by atoms with Crippen molar-refractivity contribution >= 4 is 19.2 Å². The largest absolute Gasteiger partial charge is 0.469 e. The lowest BCUT2D eigenvalue weighted by molar-refractivity contribution is -0.384. The molecule has 0 aromatic heterocycles. The van der Waals surface area contributed by atoms with Crippen LogP contribution in [0.1, 0.15) is 0 Å². The summed E-state index contributed by atoms with van der Waals surface area (Å²) in [4.78, 5) is 27.4. The van der Waals surface area contributed by atoms with Crippen LogP contribution in [-0.4, -0.2) is 62.5 Å². The average Bonchev–Trinajstić information content (AvgIpc) is 2.78. The van der Waals surface area contributed by atoms with Gasteiger partial charge in [-0.25, -0.2) is 4.57 Å². The standard InChI is InChI=1S/C12H17N2O9P/c15-11-9(23-10(12(11)16)6-22-24(19,20)21)5-13-7-2-1-3-8(4-7)14(17)18/h1-4,9-13,15-16H,5-6H2,(H2,19,20,21)/t9-,10-,11+,12-/m1/s1. The SMILES string of the molecule is O=[N+]([O-])c1cccc(NC[C@H]2O[C@H](COP(=O)(O)O)[C@@H](O)[C@H]2O)c1. The number of ether oxygens (including phenoxy) is 1. The maximum Gasteiger partial charge on any atom is 0.469 e. The molecule has 0 radical (unpaired) electrons. The molecule has 24 heavy (non-hydrogen) atoms. The molecule has 0 unspecified atom stereocenters. The number of aliphatic hydroxyl groups is 2. The van der Waals surface area contributed by atoms with E-state index in [0.29, 0.717) is 5.69 Å². The molecule has 12 heteroatoms. The van der Waals surface area contributed by atoms with Crippen LogP contribution in [0.15, 0.2) is 24.3 Å². The molecule has 1 heterocycles. The Morgan fingerprint density at radius 2 is 1.96 bits per heavy atom. The van der Waals surface area contributed by atoms with Crippen molar-refractivity contribution in [3.8, 4) is 0 Å². The van der Waals surface area contributed by atoms with Crippen LogP contribution in [0.25, 0.3) is 0 Å². The molecule has 5 N–H and O–H groups in total. The van der Waals surface area contributed by atoms with E-state index in [0.717, 1.165) is 0 Å². The fourth-order valence-corrected chi connectivity index (χ4v) is 2.59. The Bertz CT molecular complexity index is 637. The zero-order valence-electron chi connectivity index (χ0n) is 12.3. The molecule has 1 fully saturated rings. The van der Waals surface area contributed by atoms with E-state index in [2.05, 4.69) is 9.84 Å². The Labute approximate surface area is 136 Å². The van der Waals surface area contributed by atoms with Crippen molar-refractivity contribution in [2.45, 2.75) is 24.4 Å². The number of anilines is 1. The Kier molecular flexibility index (Phi) is 5.88. The number of nitro benzene ring substituents is 1. The summed E-state index contributed by atoms with van der Waals surface area (Å²) >= 11 is 0. The van der Waals surface area contributed by atoms with Gasteiger partial charge in [0.1, 0.15) is 24.4 Å². The van der Waals surface area contributed by atoms with E-state index in [-0.39, 0.29) is 12.2 Å². The molecule has 1 aromatic carbocycles. The summed E-state index contributed by atoms with van der Waals surface area (Å²) in [6, 6.07) is 5.69. The molecule has 1 aromatic rings. The van der Waals surface area contributed by atoms with E-state index in [9.17, 15) is 24.9 Å². The van der Waals surface area contributed by atoms with Gasteiger partial charge in [0.25, 0.3) is 5.69 Å². The minimum absolute atomic E-state index is 0.0196. The van der Waals surface area contributed by atoms with Crippen LogP contribution >= 0.6 is 7.82 Å². The molecular weight excluding hydrogens is 347 g/mol. The molecule has 0 amide bonds. The molecule has 0 aliphatic carbocycles. The number of rotatable bonds is 7. The number of aliphatic hydroxyl groups excluding tert-OH is 2. The van der Waals surface area contributed by atoms with Crippen molar-refractivity contribution in [2.24, 2.45) is 0 Å². The fourth-order valence-electron chi connectivity index (χ4n) is 2.25. The maximum absolute atomic E-state index is 10.7. The number of hydrogen-bond donors (Lipinski definition) is 5. The van der Waals surface area contributed by atoms with Gasteiger partial charge in [0, 0.05) is 24.4 Å². The number of phosphoric acid groups is 1. The van der Waals surface area contributed by atoms with Gasteiger partial charge < -0.3 is 30.1 Å². The van der Waals surface area contributed by atoms with E-state index in [1.165, 1.54) is 18.2 Å².